The van der Waals surface area contributed by atoms with Gasteiger partial charge in [0.15, 0.2) is 0 Å². The Balaban J connectivity index is 4.57. The summed E-state index contributed by atoms with van der Waals surface area (Å²) in [5, 5.41) is 13.7. The van der Waals surface area contributed by atoms with Crippen molar-refractivity contribution in [3.63, 3.8) is 0 Å². The van der Waals surface area contributed by atoms with Gasteiger partial charge in [0.05, 0.1) is 39.9 Å². The fraction of sp³-hybridized carbons (Fsp3) is 0.763. The molecule has 3 atom stereocenters. The lowest BCUT2D eigenvalue weighted by Crippen LogP contribution is -2.45. The van der Waals surface area contributed by atoms with Crippen molar-refractivity contribution in [3.05, 3.63) is 48.6 Å². The molecule has 0 heterocycles. The molecule has 3 N–H and O–H groups in total. The maximum Gasteiger partial charge on any atom is 0.472 e. The molecule has 0 radical (unpaired) electrons. The number of phosphoric acid groups is 1. The zero-order valence-corrected chi connectivity index (χ0v) is 31.6. The third-order valence-corrected chi connectivity index (χ3v) is 8.74. The molecule has 274 valence electrons. The second kappa shape index (κ2) is 30.5. The highest BCUT2D eigenvalue weighted by Gasteiger charge is 2.27. The van der Waals surface area contributed by atoms with Crippen molar-refractivity contribution >= 4 is 13.7 Å². The number of likely N-dealkylation sites (N-methyl/N-ethyl adjacent to an activating group) is 1. The molecule has 47 heavy (non-hydrogen) atoms. The second-order valence-electron chi connectivity index (χ2n) is 13.5. The Morgan fingerprint density at radius 1 is 0.723 bits per heavy atom. The minimum absolute atomic E-state index is 0.0510. The molecule has 0 aromatic rings. The molecule has 0 aliphatic heterocycles. The van der Waals surface area contributed by atoms with Crippen molar-refractivity contribution in [3.8, 4) is 0 Å². The summed E-state index contributed by atoms with van der Waals surface area (Å²) < 4.78 is 23.4. The van der Waals surface area contributed by atoms with E-state index in [1.54, 1.807) is 6.08 Å². The van der Waals surface area contributed by atoms with Crippen LogP contribution in [0.15, 0.2) is 48.6 Å². The first-order valence-electron chi connectivity index (χ1n) is 18.5. The summed E-state index contributed by atoms with van der Waals surface area (Å²) in [5.41, 5.74) is 0. The van der Waals surface area contributed by atoms with Gasteiger partial charge >= 0.3 is 7.82 Å². The number of amides is 1. The predicted molar refractivity (Wildman–Crippen MR) is 198 cm³/mol. The summed E-state index contributed by atoms with van der Waals surface area (Å²) in [4.78, 5) is 22.9. The first kappa shape index (κ1) is 45.5. The number of hydrogen-bond acceptors (Lipinski definition) is 5. The summed E-state index contributed by atoms with van der Waals surface area (Å²) in [5.74, 6) is -0.202. The largest absolute Gasteiger partial charge is 0.472 e. The number of allylic oxidation sites excluding steroid dienone is 7. The Morgan fingerprint density at radius 2 is 1.23 bits per heavy atom. The van der Waals surface area contributed by atoms with E-state index in [-0.39, 0.29) is 19.1 Å². The summed E-state index contributed by atoms with van der Waals surface area (Å²) in [7, 11) is 1.53. The van der Waals surface area contributed by atoms with Crippen LogP contribution in [0.4, 0.5) is 0 Å². The SMILES string of the molecule is CC/C=C/CC/C=C/CC/C=C/C(O)C(COP(=O)(O)OCC[N+](C)(C)C)NC(=O)CCCCCCCCC/C=C\CCCCCC. The van der Waals surface area contributed by atoms with Gasteiger partial charge in [-0.15, -0.1) is 0 Å². The Bertz CT molecular complexity index is 912. The topological polar surface area (TPSA) is 105 Å². The molecule has 0 saturated carbocycles. The van der Waals surface area contributed by atoms with E-state index in [2.05, 4.69) is 55.6 Å². The van der Waals surface area contributed by atoms with E-state index < -0.39 is 20.0 Å². The highest BCUT2D eigenvalue weighted by molar-refractivity contribution is 7.47. The van der Waals surface area contributed by atoms with Crippen LogP contribution in [0.2, 0.25) is 0 Å². The summed E-state index contributed by atoms with van der Waals surface area (Å²) in [6.07, 6.45) is 36.1. The van der Waals surface area contributed by atoms with E-state index in [9.17, 15) is 19.4 Å². The fourth-order valence-corrected chi connectivity index (χ4v) is 5.51. The zero-order valence-electron chi connectivity index (χ0n) is 30.8. The van der Waals surface area contributed by atoms with Gasteiger partial charge in [-0.3, -0.25) is 13.8 Å². The molecule has 0 saturated heterocycles. The molecule has 1 amide bonds. The van der Waals surface area contributed by atoms with Crippen LogP contribution in [0.25, 0.3) is 0 Å². The molecule has 0 aliphatic rings. The molecule has 0 rings (SSSR count). The first-order valence-corrected chi connectivity index (χ1v) is 20.0. The number of nitrogens with one attached hydrogen (secondary N) is 1. The molecular formula is C38H72N2O6P+. The van der Waals surface area contributed by atoms with Crippen molar-refractivity contribution in [1.82, 2.24) is 5.32 Å². The highest BCUT2D eigenvalue weighted by atomic mass is 31.2. The molecule has 0 aliphatic carbocycles. The number of hydrogen-bond donors (Lipinski definition) is 3. The van der Waals surface area contributed by atoms with Crippen molar-refractivity contribution in [2.24, 2.45) is 0 Å². The molecule has 0 bridgehead atoms. The van der Waals surface area contributed by atoms with Gasteiger partial charge in [0.25, 0.3) is 0 Å². The van der Waals surface area contributed by atoms with Crippen molar-refractivity contribution in [2.45, 2.75) is 148 Å². The average Bonchev–Trinajstić information content (AvgIpc) is 3.01. The van der Waals surface area contributed by atoms with Gasteiger partial charge in [0.1, 0.15) is 13.2 Å². The van der Waals surface area contributed by atoms with E-state index >= 15 is 0 Å². The third kappa shape index (κ3) is 32.8. The number of carbonyl (C=O) groups is 1. The number of quaternary nitrogens is 1. The van der Waals surface area contributed by atoms with E-state index in [1.165, 1.54) is 64.2 Å². The zero-order chi connectivity index (χ0) is 35.1. The lowest BCUT2D eigenvalue weighted by molar-refractivity contribution is -0.870. The minimum Gasteiger partial charge on any atom is -0.387 e. The predicted octanol–water partition coefficient (Wildman–Crippen LogP) is 9.35. The number of phosphoric ester groups is 1. The fourth-order valence-electron chi connectivity index (χ4n) is 4.78. The normalized spacial score (nSPS) is 15.3. The number of nitrogens with zero attached hydrogens (tertiary/aromatic N) is 1. The maximum atomic E-state index is 12.8. The molecule has 0 aromatic carbocycles. The monoisotopic (exact) mass is 684 g/mol. The van der Waals surface area contributed by atoms with E-state index in [0.29, 0.717) is 17.4 Å². The van der Waals surface area contributed by atoms with Gasteiger partial charge in [-0.1, -0.05) is 114 Å². The Labute approximate surface area is 289 Å². The lowest BCUT2D eigenvalue weighted by atomic mass is 10.1. The van der Waals surface area contributed by atoms with E-state index in [1.807, 2.05) is 27.2 Å². The van der Waals surface area contributed by atoms with Gasteiger partial charge in [0.2, 0.25) is 5.91 Å². The van der Waals surface area contributed by atoms with Crippen LogP contribution < -0.4 is 5.32 Å². The van der Waals surface area contributed by atoms with Crippen molar-refractivity contribution < 1.29 is 32.9 Å². The van der Waals surface area contributed by atoms with Crippen LogP contribution >= 0.6 is 7.82 Å². The van der Waals surface area contributed by atoms with E-state index in [0.717, 1.165) is 51.4 Å². The number of aliphatic hydroxyl groups is 1. The second-order valence-corrected chi connectivity index (χ2v) is 15.0. The number of carbonyl (C=O) groups excluding carboxylic acids is 1. The number of unbranched alkanes of at least 4 members (excludes halogenated alkanes) is 13. The van der Waals surface area contributed by atoms with Crippen molar-refractivity contribution in [1.29, 1.82) is 0 Å². The highest BCUT2D eigenvalue weighted by Crippen LogP contribution is 2.43. The standard InChI is InChI=1S/C38H71N2O6P/c1-6-8-10-12-14-16-18-19-20-21-22-24-26-28-30-32-38(42)39-36(35-46-47(43,44)45-34-33-40(3,4)5)37(41)31-29-27-25-23-17-15-13-11-9-7-2/h9,11,16-18,23,29,31,36-37,41H,6-8,10,12-15,19-22,24-28,30,32-35H2,1-5H3,(H-,39,42,43,44)/p+1/b11-9+,18-16-,23-17+,31-29+. The van der Waals surface area contributed by atoms with Crippen LogP contribution in [0.3, 0.4) is 0 Å². The molecule has 0 fully saturated rings. The molecule has 0 spiro atoms. The minimum atomic E-state index is -4.34. The summed E-state index contributed by atoms with van der Waals surface area (Å²) >= 11 is 0. The van der Waals surface area contributed by atoms with Crippen LogP contribution in [-0.2, 0) is 18.4 Å². The van der Waals surface area contributed by atoms with Gasteiger partial charge < -0.3 is 19.8 Å². The lowest BCUT2D eigenvalue weighted by Gasteiger charge is -2.25. The Hall–Kier alpha value is -1.54. The Kier molecular flexibility index (Phi) is 29.5. The van der Waals surface area contributed by atoms with Crippen LogP contribution in [-0.4, -0.2) is 73.4 Å². The van der Waals surface area contributed by atoms with Gasteiger partial charge in [0, 0.05) is 6.42 Å². The first-order chi connectivity index (χ1) is 22.5. The third-order valence-electron chi connectivity index (χ3n) is 7.76. The molecular weight excluding hydrogens is 611 g/mol. The van der Waals surface area contributed by atoms with Crippen LogP contribution in [0, 0.1) is 0 Å². The number of rotatable bonds is 32. The average molecular weight is 684 g/mol. The number of aliphatic hydroxyl groups excluding tert-OH is 1. The Morgan fingerprint density at radius 3 is 1.81 bits per heavy atom. The van der Waals surface area contributed by atoms with Crippen LogP contribution in [0.5, 0.6) is 0 Å². The quantitative estimate of drug-likeness (QED) is 0.0283. The van der Waals surface area contributed by atoms with Gasteiger partial charge in [-0.25, -0.2) is 4.57 Å². The van der Waals surface area contributed by atoms with Crippen LogP contribution in [0.1, 0.15) is 136 Å². The smallest absolute Gasteiger partial charge is 0.387 e. The maximum absolute atomic E-state index is 12.8. The molecule has 3 unspecified atom stereocenters. The van der Waals surface area contributed by atoms with Gasteiger partial charge in [-0.2, -0.15) is 0 Å². The summed E-state index contributed by atoms with van der Waals surface area (Å²) in [6.45, 7) is 4.61. The van der Waals surface area contributed by atoms with Gasteiger partial charge in [-0.05, 0) is 64.2 Å². The molecule has 8 nitrogen and oxygen atoms in total. The summed E-state index contributed by atoms with van der Waals surface area (Å²) in [6, 6.07) is -0.868. The van der Waals surface area contributed by atoms with Crippen molar-refractivity contribution in [2.75, 3.05) is 40.9 Å². The molecule has 0 aromatic heterocycles. The molecule has 9 heteroatoms. The van der Waals surface area contributed by atoms with E-state index in [4.69, 9.17) is 9.05 Å².